The van der Waals surface area contributed by atoms with Gasteiger partial charge in [-0.2, -0.15) is 0 Å². The van der Waals surface area contributed by atoms with E-state index in [0.29, 0.717) is 20.0 Å². The van der Waals surface area contributed by atoms with E-state index < -0.39 is 0 Å². The summed E-state index contributed by atoms with van der Waals surface area (Å²) in [6.07, 6.45) is 0. The maximum Gasteiger partial charge on any atom is 0.182 e. The Morgan fingerprint density at radius 1 is 1.35 bits per heavy atom. The van der Waals surface area contributed by atoms with Crippen LogP contribution in [0, 0.1) is 17.5 Å². The lowest BCUT2D eigenvalue weighted by atomic mass is 10.2. The van der Waals surface area contributed by atoms with E-state index in [1.165, 1.54) is 6.07 Å². The number of benzene rings is 2. The summed E-state index contributed by atoms with van der Waals surface area (Å²) in [6, 6.07) is 8.72. The van der Waals surface area contributed by atoms with Crippen molar-refractivity contribution in [1.82, 2.24) is 9.55 Å². The van der Waals surface area contributed by atoms with E-state index in [9.17, 15) is 4.39 Å². The van der Waals surface area contributed by atoms with Crippen molar-refractivity contribution in [3.8, 4) is 5.69 Å². The van der Waals surface area contributed by atoms with Crippen LogP contribution >= 0.6 is 39.7 Å². The predicted molar refractivity (Wildman–Crippen MR) is 85.9 cm³/mol. The number of nitrogens with one attached hydrogen (secondary N) is 1. The molecule has 1 aromatic heterocycles. The minimum Gasteiger partial charge on any atom is -0.329 e. The molecule has 3 aromatic rings. The number of imidazole rings is 1. The fourth-order valence-electron chi connectivity index (χ4n) is 2.21. The highest BCUT2D eigenvalue weighted by Gasteiger charge is 2.13. The van der Waals surface area contributed by atoms with Crippen LogP contribution in [0.1, 0.15) is 5.56 Å². The minimum atomic E-state index is -0.330. The van der Waals surface area contributed by atoms with Gasteiger partial charge < -0.3 is 4.98 Å². The van der Waals surface area contributed by atoms with Gasteiger partial charge in [0.2, 0.25) is 0 Å². The third-order valence-corrected chi connectivity index (χ3v) is 4.35. The zero-order valence-electron chi connectivity index (χ0n) is 10.4. The molecule has 1 heterocycles. The van der Waals surface area contributed by atoms with Gasteiger partial charge in [0.25, 0.3) is 0 Å². The van der Waals surface area contributed by atoms with Crippen molar-refractivity contribution >= 4 is 50.8 Å². The number of para-hydroxylation sites is 1. The van der Waals surface area contributed by atoms with E-state index >= 15 is 0 Å². The quantitative estimate of drug-likeness (QED) is 0.556. The average molecular weight is 372 g/mol. The molecular weight excluding hydrogens is 363 g/mol. The van der Waals surface area contributed by atoms with Gasteiger partial charge in [-0.1, -0.05) is 17.7 Å². The predicted octanol–water partition coefficient (Wildman–Crippen LogP) is 5.55. The second-order valence-corrected chi connectivity index (χ2v) is 6.10. The van der Waals surface area contributed by atoms with Crippen molar-refractivity contribution in [1.29, 1.82) is 0 Å². The summed E-state index contributed by atoms with van der Waals surface area (Å²) >= 11 is 14.7. The van der Waals surface area contributed by atoms with Crippen LogP contribution < -0.4 is 0 Å². The van der Waals surface area contributed by atoms with Crippen LogP contribution in [0.15, 0.2) is 34.8 Å². The molecule has 102 valence electrons. The lowest BCUT2D eigenvalue weighted by Gasteiger charge is -2.10. The first-order chi connectivity index (χ1) is 9.49. The van der Waals surface area contributed by atoms with E-state index in [2.05, 4.69) is 20.9 Å². The maximum absolute atomic E-state index is 13.8. The lowest BCUT2D eigenvalue weighted by Crippen LogP contribution is -1.98. The molecule has 0 bridgehead atoms. The zero-order chi connectivity index (χ0) is 14.4. The van der Waals surface area contributed by atoms with Gasteiger partial charge in [-0.3, -0.25) is 4.57 Å². The molecule has 0 radical (unpaired) electrons. The van der Waals surface area contributed by atoms with Crippen molar-refractivity contribution in [3.05, 3.63) is 56.0 Å². The molecule has 0 saturated carbocycles. The van der Waals surface area contributed by atoms with Crippen molar-refractivity contribution in [2.45, 2.75) is 6.92 Å². The fourth-order valence-corrected chi connectivity index (χ4v) is 3.18. The zero-order valence-corrected chi connectivity index (χ0v) is 13.5. The Balaban J connectivity index is 2.41. The molecule has 0 saturated heterocycles. The summed E-state index contributed by atoms with van der Waals surface area (Å²) in [6.45, 7) is 1.91. The first kappa shape index (κ1) is 13.8. The molecule has 20 heavy (non-hydrogen) atoms. The second kappa shape index (κ2) is 4.98. The van der Waals surface area contributed by atoms with Crippen molar-refractivity contribution in [3.63, 3.8) is 0 Å². The minimum absolute atomic E-state index is 0.330. The smallest absolute Gasteiger partial charge is 0.182 e. The second-order valence-electron chi connectivity index (χ2n) is 4.45. The first-order valence-electron chi connectivity index (χ1n) is 5.84. The van der Waals surface area contributed by atoms with Crippen molar-refractivity contribution in [2.24, 2.45) is 0 Å². The summed E-state index contributed by atoms with van der Waals surface area (Å²) in [5.74, 6) is -0.330. The molecule has 3 rings (SSSR count). The monoisotopic (exact) mass is 370 g/mol. The lowest BCUT2D eigenvalue weighted by molar-refractivity contribution is 0.619. The molecule has 2 nitrogen and oxygen atoms in total. The number of halogens is 3. The average Bonchev–Trinajstić information content (AvgIpc) is 2.72. The Hall–Kier alpha value is -1.17. The van der Waals surface area contributed by atoms with E-state index in [0.717, 1.165) is 16.6 Å². The van der Waals surface area contributed by atoms with Crippen LogP contribution in [0.4, 0.5) is 4.39 Å². The van der Waals surface area contributed by atoms with Crippen LogP contribution in [0.5, 0.6) is 0 Å². The molecule has 0 aliphatic rings. The molecule has 0 spiro atoms. The van der Waals surface area contributed by atoms with Crippen molar-refractivity contribution in [2.75, 3.05) is 0 Å². The van der Waals surface area contributed by atoms with Gasteiger partial charge in [-0.15, -0.1) is 0 Å². The summed E-state index contributed by atoms with van der Waals surface area (Å²) in [7, 11) is 0. The van der Waals surface area contributed by atoms with Gasteiger partial charge >= 0.3 is 0 Å². The van der Waals surface area contributed by atoms with Gasteiger partial charge in [0.1, 0.15) is 5.82 Å². The van der Waals surface area contributed by atoms with Crippen LogP contribution in [-0.2, 0) is 0 Å². The van der Waals surface area contributed by atoms with Crippen LogP contribution in [0.3, 0.4) is 0 Å². The first-order valence-corrected chi connectivity index (χ1v) is 7.42. The standard InChI is InChI=1S/C14H9BrClFN2S/c1-7-5-8(15)10(17)6-12(7)19-11-4-2-3-9(16)13(11)18-14(19)20/h2-6H,1H3,(H,18,20). The highest BCUT2D eigenvalue weighted by Crippen LogP contribution is 2.29. The molecule has 0 aliphatic heterocycles. The van der Waals surface area contributed by atoms with E-state index in [1.807, 2.05) is 19.1 Å². The molecule has 0 fully saturated rings. The Kier molecular flexibility index (Phi) is 3.44. The molecule has 0 aliphatic carbocycles. The van der Waals surface area contributed by atoms with Crippen molar-refractivity contribution < 1.29 is 4.39 Å². The summed E-state index contributed by atoms with van der Waals surface area (Å²) < 4.78 is 16.5. The maximum atomic E-state index is 13.8. The van der Waals surface area contributed by atoms with E-state index in [-0.39, 0.29) is 5.82 Å². The van der Waals surface area contributed by atoms with Crippen LogP contribution in [0.2, 0.25) is 5.02 Å². The summed E-state index contributed by atoms with van der Waals surface area (Å²) in [5, 5.41) is 0.586. The molecule has 1 N–H and O–H groups in total. The van der Waals surface area contributed by atoms with Gasteiger partial charge in [0.15, 0.2) is 4.77 Å². The Bertz CT molecular complexity index is 885. The SMILES string of the molecule is Cc1cc(Br)c(F)cc1-n1c(=S)[nH]c2c(Cl)cccc21. The van der Waals surface area contributed by atoms with Gasteiger partial charge in [0, 0.05) is 0 Å². The molecular formula is C14H9BrClFN2S. The number of nitrogens with zero attached hydrogens (tertiary/aromatic N) is 1. The third kappa shape index (κ3) is 2.10. The van der Waals surface area contributed by atoms with E-state index in [4.69, 9.17) is 23.8 Å². The number of H-pyrrole nitrogens is 1. The van der Waals surface area contributed by atoms with Crippen LogP contribution in [-0.4, -0.2) is 9.55 Å². The van der Waals surface area contributed by atoms with Gasteiger partial charge in [-0.25, -0.2) is 4.39 Å². The van der Waals surface area contributed by atoms with Gasteiger partial charge in [0.05, 0.1) is 26.2 Å². The largest absolute Gasteiger partial charge is 0.329 e. The Labute approximate surface area is 133 Å². The molecule has 0 amide bonds. The van der Waals surface area contributed by atoms with Crippen LogP contribution in [0.25, 0.3) is 16.7 Å². The van der Waals surface area contributed by atoms with Gasteiger partial charge in [-0.05, 0) is 64.9 Å². The Morgan fingerprint density at radius 3 is 2.85 bits per heavy atom. The Morgan fingerprint density at radius 2 is 2.10 bits per heavy atom. The summed E-state index contributed by atoms with van der Waals surface area (Å²) in [5.41, 5.74) is 3.19. The number of hydrogen-bond donors (Lipinski definition) is 1. The molecule has 0 atom stereocenters. The number of fused-ring (bicyclic) bond motifs is 1. The highest BCUT2D eigenvalue weighted by atomic mass is 79.9. The highest BCUT2D eigenvalue weighted by molar-refractivity contribution is 9.10. The molecule has 6 heteroatoms. The fraction of sp³-hybridized carbons (Fsp3) is 0.0714. The number of aromatic nitrogens is 2. The van der Waals surface area contributed by atoms with E-state index in [1.54, 1.807) is 16.7 Å². The molecule has 2 aromatic carbocycles. The number of aromatic amines is 1. The number of aryl methyl sites for hydroxylation is 1. The third-order valence-electron chi connectivity index (χ3n) is 3.15. The summed E-state index contributed by atoms with van der Waals surface area (Å²) in [4.78, 5) is 3.07. The number of rotatable bonds is 1. The molecule has 0 unspecified atom stereocenters. The topological polar surface area (TPSA) is 20.7 Å². The number of hydrogen-bond acceptors (Lipinski definition) is 1. The normalized spacial score (nSPS) is 11.2.